The molecule has 2 rings (SSSR count). The minimum Gasteiger partial charge on any atom is -0.356 e. The summed E-state index contributed by atoms with van der Waals surface area (Å²) in [6.07, 6.45) is 3.85. The summed E-state index contributed by atoms with van der Waals surface area (Å²) in [5.74, 6) is 4.05. The molecule has 0 atom stereocenters. The Hall–Kier alpha value is -1.23. The number of hydrogen-bond acceptors (Lipinski definition) is 4. The molecule has 2 heterocycles. The first-order chi connectivity index (χ1) is 9.40. The minimum absolute atomic E-state index is 0.118. The predicted molar refractivity (Wildman–Crippen MR) is 89.5 cm³/mol. The second-order valence-corrected chi connectivity index (χ2v) is 7.42. The van der Waals surface area contributed by atoms with Crippen LogP contribution in [0.1, 0.15) is 33.6 Å². The Morgan fingerprint density at radius 1 is 1.30 bits per heavy atom. The Bertz CT molecular complexity index is 465. The van der Waals surface area contributed by atoms with Gasteiger partial charge in [0, 0.05) is 0 Å². The highest BCUT2D eigenvalue weighted by Gasteiger charge is 2.42. The number of nitrogens with one attached hydrogen (secondary N) is 2. The van der Waals surface area contributed by atoms with Gasteiger partial charge < -0.3 is 10.6 Å². The van der Waals surface area contributed by atoms with E-state index in [0.29, 0.717) is 0 Å². The Morgan fingerprint density at radius 2 is 1.95 bits per heavy atom. The molecular weight excluding hydrogens is 268 g/mol. The highest BCUT2D eigenvalue weighted by molar-refractivity contribution is 7.99. The SMILES string of the molecule is C=CC1=C(N=C)NC2(CCSCC2)C(=NC(C)(C)C)N1. The van der Waals surface area contributed by atoms with Crippen molar-refractivity contribution in [1.82, 2.24) is 10.6 Å². The van der Waals surface area contributed by atoms with Gasteiger partial charge >= 0.3 is 0 Å². The Morgan fingerprint density at radius 3 is 2.45 bits per heavy atom. The van der Waals surface area contributed by atoms with Gasteiger partial charge in [-0.3, -0.25) is 4.99 Å². The summed E-state index contributed by atoms with van der Waals surface area (Å²) in [5, 5.41) is 6.99. The second kappa shape index (κ2) is 5.64. The lowest BCUT2D eigenvalue weighted by Gasteiger charge is -2.44. The van der Waals surface area contributed by atoms with E-state index in [4.69, 9.17) is 4.99 Å². The smallest absolute Gasteiger partial charge is 0.149 e. The maximum absolute atomic E-state index is 4.90. The third-order valence-electron chi connectivity index (χ3n) is 3.47. The zero-order valence-corrected chi connectivity index (χ0v) is 13.4. The van der Waals surface area contributed by atoms with Crippen LogP contribution in [0.5, 0.6) is 0 Å². The number of allylic oxidation sites excluding steroid dienone is 1. The van der Waals surface area contributed by atoms with Crippen LogP contribution in [-0.4, -0.2) is 35.1 Å². The molecule has 5 heteroatoms. The Labute approximate surface area is 125 Å². The van der Waals surface area contributed by atoms with Crippen LogP contribution in [0.15, 0.2) is 34.2 Å². The van der Waals surface area contributed by atoms with Crippen LogP contribution in [0, 0.1) is 0 Å². The first-order valence-corrected chi connectivity index (χ1v) is 8.12. The maximum atomic E-state index is 4.90. The lowest BCUT2D eigenvalue weighted by atomic mass is 9.88. The van der Waals surface area contributed by atoms with E-state index in [1.807, 2.05) is 11.8 Å². The standard InChI is InChI=1S/C15H24N4S/c1-6-11-12(16-5)18-15(7-9-20-10-8-15)13(17-11)19-14(2,3)4/h6,18H,1,5,7-10H2,2-4H3,(H,17,19). The fraction of sp³-hybridized carbons (Fsp3) is 0.600. The highest BCUT2D eigenvalue weighted by Crippen LogP contribution is 2.32. The summed E-state index contributed by atoms with van der Waals surface area (Å²) in [6.45, 7) is 13.8. The van der Waals surface area contributed by atoms with Crippen molar-refractivity contribution >= 4 is 24.3 Å². The minimum atomic E-state index is -0.137. The molecule has 0 aliphatic carbocycles. The molecule has 4 nitrogen and oxygen atoms in total. The van der Waals surface area contributed by atoms with Crippen LogP contribution in [0.3, 0.4) is 0 Å². The largest absolute Gasteiger partial charge is 0.356 e. The number of rotatable bonds is 2. The zero-order chi connectivity index (χ0) is 14.8. The van der Waals surface area contributed by atoms with E-state index in [1.54, 1.807) is 6.08 Å². The van der Waals surface area contributed by atoms with Crippen molar-refractivity contribution in [3.8, 4) is 0 Å². The van der Waals surface area contributed by atoms with Gasteiger partial charge in [0.1, 0.15) is 11.7 Å². The molecule has 1 spiro atoms. The van der Waals surface area contributed by atoms with Crippen LogP contribution in [0.25, 0.3) is 0 Å². The molecule has 0 aromatic rings. The molecule has 2 N–H and O–H groups in total. The van der Waals surface area contributed by atoms with Crippen molar-refractivity contribution in [1.29, 1.82) is 0 Å². The molecule has 1 fully saturated rings. The topological polar surface area (TPSA) is 48.8 Å². The number of thioether (sulfide) groups is 1. The van der Waals surface area contributed by atoms with Crippen LogP contribution in [0.2, 0.25) is 0 Å². The van der Waals surface area contributed by atoms with E-state index in [2.05, 4.69) is 49.7 Å². The molecule has 0 unspecified atom stereocenters. The third-order valence-corrected chi connectivity index (χ3v) is 4.46. The van der Waals surface area contributed by atoms with Crippen molar-refractivity contribution in [2.24, 2.45) is 9.98 Å². The van der Waals surface area contributed by atoms with Gasteiger partial charge in [-0.25, -0.2) is 4.99 Å². The summed E-state index contributed by atoms with van der Waals surface area (Å²) in [4.78, 5) is 9.01. The fourth-order valence-corrected chi connectivity index (χ4v) is 3.67. The number of nitrogens with zero attached hydrogens (tertiary/aromatic N) is 2. The predicted octanol–water partition coefficient (Wildman–Crippen LogP) is 2.70. The second-order valence-electron chi connectivity index (χ2n) is 6.20. The molecule has 0 aromatic heterocycles. The van der Waals surface area contributed by atoms with E-state index in [0.717, 1.165) is 41.7 Å². The summed E-state index contributed by atoms with van der Waals surface area (Å²) in [7, 11) is 0. The summed E-state index contributed by atoms with van der Waals surface area (Å²) in [6, 6.07) is 0. The molecule has 0 bridgehead atoms. The zero-order valence-electron chi connectivity index (χ0n) is 12.6. The maximum Gasteiger partial charge on any atom is 0.149 e. The molecule has 0 amide bonds. The van der Waals surface area contributed by atoms with E-state index >= 15 is 0 Å². The Balaban J connectivity index is 2.46. The number of amidine groups is 1. The van der Waals surface area contributed by atoms with Crippen molar-refractivity contribution in [3.63, 3.8) is 0 Å². The van der Waals surface area contributed by atoms with Gasteiger partial charge in [0.2, 0.25) is 0 Å². The quantitative estimate of drug-likeness (QED) is 0.769. The fourth-order valence-electron chi connectivity index (χ4n) is 2.48. The molecular formula is C15H24N4S. The first-order valence-electron chi connectivity index (χ1n) is 6.97. The van der Waals surface area contributed by atoms with Crippen LogP contribution >= 0.6 is 11.8 Å². The van der Waals surface area contributed by atoms with E-state index in [-0.39, 0.29) is 11.1 Å². The van der Waals surface area contributed by atoms with E-state index in [1.165, 1.54) is 0 Å². The molecule has 20 heavy (non-hydrogen) atoms. The van der Waals surface area contributed by atoms with Gasteiger partial charge in [-0.2, -0.15) is 11.8 Å². The molecule has 0 radical (unpaired) electrons. The van der Waals surface area contributed by atoms with Crippen LogP contribution in [-0.2, 0) is 0 Å². The monoisotopic (exact) mass is 292 g/mol. The molecule has 0 aromatic carbocycles. The summed E-state index contributed by atoms with van der Waals surface area (Å²) < 4.78 is 0. The molecule has 2 aliphatic rings. The Kier molecular flexibility index (Phi) is 4.28. The van der Waals surface area contributed by atoms with Crippen LogP contribution < -0.4 is 10.6 Å². The van der Waals surface area contributed by atoms with E-state index in [9.17, 15) is 0 Å². The van der Waals surface area contributed by atoms with Crippen molar-refractivity contribution in [2.45, 2.75) is 44.7 Å². The van der Waals surface area contributed by atoms with Crippen molar-refractivity contribution in [2.75, 3.05) is 11.5 Å². The third kappa shape index (κ3) is 3.08. The van der Waals surface area contributed by atoms with Crippen LogP contribution in [0.4, 0.5) is 0 Å². The summed E-state index contributed by atoms with van der Waals surface area (Å²) >= 11 is 1.99. The molecule has 2 aliphatic heterocycles. The van der Waals surface area contributed by atoms with Gasteiger partial charge in [0.25, 0.3) is 0 Å². The van der Waals surface area contributed by atoms with Crippen molar-refractivity contribution < 1.29 is 0 Å². The van der Waals surface area contributed by atoms with Gasteiger partial charge in [0.15, 0.2) is 0 Å². The van der Waals surface area contributed by atoms with Gasteiger partial charge in [-0.1, -0.05) is 6.58 Å². The molecule has 1 saturated heterocycles. The number of aliphatic imine (C=N–C) groups is 2. The average molecular weight is 292 g/mol. The van der Waals surface area contributed by atoms with E-state index < -0.39 is 0 Å². The van der Waals surface area contributed by atoms with Gasteiger partial charge in [0.05, 0.1) is 16.8 Å². The molecule has 0 saturated carbocycles. The normalized spacial score (nSPS) is 24.2. The van der Waals surface area contributed by atoms with Gasteiger partial charge in [-0.05, 0) is 57.9 Å². The average Bonchev–Trinajstić information content (AvgIpc) is 2.40. The summed E-state index contributed by atoms with van der Waals surface area (Å²) in [5.41, 5.74) is 0.598. The van der Waals surface area contributed by atoms with Gasteiger partial charge in [-0.15, -0.1) is 0 Å². The lowest BCUT2D eigenvalue weighted by molar-refractivity contribution is 0.409. The highest BCUT2D eigenvalue weighted by atomic mass is 32.2. The first kappa shape index (κ1) is 15.2. The lowest BCUT2D eigenvalue weighted by Crippen LogP contribution is -2.62. The molecule has 110 valence electrons. The number of hydrogen-bond donors (Lipinski definition) is 2. The van der Waals surface area contributed by atoms with Crippen molar-refractivity contribution in [3.05, 3.63) is 24.2 Å².